The summed E-state index contributed by atoms with van der Waals surface area (Å²) in [5.74, 6) is -0.957. The molecule has 1 unspecified atom stereocenters. The number of hydrogen-bond donors (Lipinski definition) is 4. The highest BCUT2D eigenvalue weighted by atomic mass is 16.4. The number of nitrogens with zero attached hydrogens (tertiary/aromatic N) is 1. The van der Waals surface area contributed by atoms with E-state index in [1.54, 1.807) is 6.20 Å². The van der Waals surface area contributed by atoms with Crippen molar-refractivity contribution in [1.82, 2.24) is 15.6 Å². The van der Waals surface area contributed by atoms with Gasteiger partial charge < -0.3 is 21.1 Å². The van der Waals surface area contributed by atoms with Crippen molar-refractivity contribution in [1.29, 1.82) is 0 Å². The van der Waals surface area contributed by atoms with Gasteiger partial charge in [0.2, 0.25) is 11.8 Å². The van der Waals surface area contributed by atoms with E-state index in [0.29, 0.717) is 18.5 Å². The largest absolute Gasteiger partial charge is 0.481 e. The maximum absolute atomic E-state index is 13.4. The van der Waals surface area contributed by atoms with E-state index in [0.717, 1.165) is 16.9 Å². The Morgan fingerprint density at radius 2 is 1.53 bits per heavy atom. The third kappa shape index (κ3) is 8.73. The number of carboxylic acid groups (broad SMARTS) is 1. The molecule has 0 saturated carbocycles. The first-order chi connectivity index (χ1) is 18.1. The molecule has 200 valence electrons. The molecule has 0 saturated heterocycles. The SMILES string of the molecule is CC(C)(C)[C@@H](NC(=O)CCCNc1ccccn1)C(=O)NC(CC(=O)O)c1ccc(-c2ccccc2)cc1. The molecule has 0 aliphatic carbocycles. The first-order valence-electron chi connectivity index (χ1n) is 12.8. The van der Waals surface area contributed by atoms with Crippen LogP contribution in [0.2, 0.25) is 0 Å². The number of amides is 2. The number of aliphatic carboxylic acids is 1. The minimum Gasteiger partial charge on any atom is -0.481 e. The minimum absolute atomic E-state index is 0.235. The molecule has 2 amide bonds. The van der Waals surface area contributed by atoms with Crippen LogP contribution in [0.5, 0.6) is 0 Å². The van der Waals surface area contributed by atoms with Crippen molar-refractivity contribution in [2.45, 2.75) is 52.1 Å². The predicted octanol–water partition coefficient (Wildman–Crippen LogP) is 4.80. The van der Waals surface area contributed by atoms with E-state index in [9.17, 15) is 19.5 Å². The second-order valence-electron chi connectivity index (χ2n) is 10.3. The fraction of sp³-hybridized carbons (Fsp3) is 0.333. The molecule has 0 fully saturated rings. The number of pyridine rings is 1. The van der Waals surface area contributed by atoms with Crippen LogP contribution in [0.15, 0.2) is 79.0 Å². The van der Waals surface area contributed by atoms with Gasteiger partial charge in [-0.25, -0.2) is 4.98 Å². The second kappa shape index (κ2) is 13.4. The molecule has 0 bridgehead atoms. The summed E-state index contributed by atoms with van der Waals surface area (Å²) in [6.45, 7) is 6.15. The van der Waals surface area contributed by atoms with Crippen LogP contribution in [0.25, 0.3) is 11.1 Å². The van der Waals surface area contributed by atoms with Crippen molar-refractivity contribution in [2.24, 2.45) is 5.41 Å². The Kier molecular flexibility index (Phi) is 9.99. The first-order valence-corrected chi connectivity index (χ1v) is 12.8. The van der Waals surface area contributed by atoms with Crippen molar-refractivity contribution in [3.05, 3.63) is 84.6 Å². The summed E-state index contributed by atoms with van der Waals surface area (Å²) in [4.78, 5) is 41.8. The molecule has 8 nitrogen and oxygen atoms in total. The summed E-state index contributed by atoms with van der Waals surface area (Å²) in [5.41, 5.74) is 2.13. The van der Waals surface area contributed by atoms with Gasteiger partial charge in [-0.3, -0.25) is 14.4 Å². The van der Waals surface area contributed by atoms with E-state index in [1.165, 1.54) is 0 Å². The summed E-state index contributed by atoms with van der Waals surface area (Å²) in [5, 5.41) is 18.4. The summed E-state index contributed by atoms with van der Waals surface area (Å²) in [6.07, 6.45) is 2.22. The molecule has 38 heavy (non-hydrogen) atoms. The number of nitrogens with one attached hydrogen (secondary N) is 3. The second-order valence-corrected chi connectivity index (χ2v) is 10.3. The quantitative estimate of drug-likeness (QED) is 0.257. The molecule has 3 rings (SSSR count). The zero-order valence-electron chi connectivity index (χ0n) is 22.1. The number of carbonyl (C=O) groups excluding carboxylic acids is 2. The molecular weight excluding hydrogens is 480 g/mol. The van der Waals surface area contributed by atoms with E-state index >= 15 is 0 Å². The van der Waals surface area contributed by atoms with Crippen LogP contribution in [0, 0.1) is 5.41 Å². The maximum Gasteiger partial charge on any atom is 0.305 e. The molecule has 1 aromatic heterocycles. The topological polar surface area (TPSA) is 120 Å². The maximum atomic E-state index is 13.4. The Balaban J connectivity index is 1.64. The average Bonchev–Trinajstić information content (AvgIpc) is 2.89. The van der Waals surface area contributed by atoms with Gasteiger partial charge in [0.15, 0.2) is 0 Å². The summed E-state index contributed by atoms with van der Waals surface area (Å²) in [6, 6.07) is 21.3. The van der Waals surface area contributed by atoms with Crippen LogP contribution in [0.4, 0.5) is 5.82 Å². The highest BCUT2D eigenvalue weighted by Gasteiger charge is 2.34. The van der Waals surface area contributed by atoms with Crippen molar-refractivity contribution in [3.63, 3.8) is 0 Å². The summed E-state index contributed by atoms with van der Waals surface area (Å²) < 4.78 is 0. The Labute approximate surface area is 223 Å². The first kappa shape index (κ1) is 28.4. The smallest absolute Gasteiger partial charge is 0.305 e. The van der Waals surface area contributed by atoms with Crippen molar-refractivity contribution in [2.75, 3.05) is 11.9 Å². The number of hydrogen-bond acceptors (Lipinski definition) is 5. The Bertz CT molecular complexity index is 1190. The average molecular weight is 517 g/mol. The monoisotopic (exact) mass is 516 g/mol. The fourth-order valence-corrected chi connectivity index (χ4v) is 4.06. The fourth-order valence-electron chi connectivity index (χ4n) is 4.06. The van der Waals surface area contributed by atoms with E-state index < -0.39 is 29.4 Å². The molecule has 0 radical (unpaired) electrons. The number of carbonyl (C=O) groups is 3. The van der Waals surface area contributed by atoms with Crippen molar-refractivity contribution < 1.29 is 19.5 Å². The van der Waals surface area contributed by atoms with Crippen LogP contribution < -0.4 is 16.0 Å². The lowest BCUT2D eigenvalue weighted by Gasteiger charge is -2.32. The van der Waals surface area contributed by atoms with E-state index in [-0.39, 0.29) is 18.7 Å². The van der Waals surface area contributed by atoms with Crippen molar-refractivity contribution in [3.8, 4) is 11.1 Å². The van der Waals surface area contributed by atoms with Gasteiger partial charge in [0.1, 0.15) is 11.9 Å². The van der Waals surface area contributed by atoms with Gasteiger partial charge in [-0.2, -0.15) is 0 Å². The lowest BCUT2D eigenvalue weighted by atomic mass is 9.85. The number of rotatable bonds is 12. The number of benzene rings is 2. The Morgan fingerprint density at radius 1 is 0.868 bits per heavy atom. The third-order valence-electron chi connectivity index (χ3n) is 6.10. The highest BCUT2D eigenvalue weighted by molar-refractivity contribution is 5.89. The van der Waals surface area contributed by atoms with Gasteiger partial charge in [-0.05, 0) is 40.7 Å². The lowest BCUT2D eigenvalue weighted by molar-refractivity contribution is -0.138. The van der Waals surface area contributed by atoms with Gasteiger partial charge in [0.05, 0.1) is 12.5 Å². The van der Waals surface area contributed by atoms with Gasteiger partial charge in [0, 0.05) is 19.2 Å². The number of aromatic nitrogens is 1. The van der Waals surface area contributed by atoms with E-state index in [2.05, 4.69) is 20.9 Å². The molecule has 8 heteroatoms. The zero-order valence-corrected chi connectivity index (χ0v) is 22.1. The summed E-state index contributed by atoms with van der Waals surface area (Å²) in [7, 11) is 0. The number of carboxylic acids is 1. The molecule has 1 heterocycles. The minimum atomic E-state index is -1.03. The standard InChI is InChI=1S/C30H36N4O4/c1-30(2,3)28(34-26(35)13-9-19-32-25-12-7-8-18-31-25)29(38)33-24(20-27(36)37)23-16-14-22(15-17-23)21-10-5-4-6-11-21/h4-8,10-12,14-18,24,28H,9,13,19-20H2,1-3H3,(H,31,32)(H,33,38)(H,34,35)(H,36,37)/t24?,28-/m0/s1. The molecular formula is C30H36N4O4. The third-order valence-corrected chi connectivity index (χ3v) is 6.10. The zero-order chi connectivity index (χ0) is 27.5. The molecule has 2 aromatic carbocycles. The Hall–Kier alpha value is -4.20. The van der Waals surface area contributed by atoms with Crippen LogP contribution >= 0.6 is 0 Å². The Morgan fingerprint density at radius 3 is 2.13 bits per heavy atom. The molecule has 0 aliphatic heterocycles. The van der Waals surface area contributed by atoms with Gasteiger partial charge in [-0.15, -0.1) is 0 Å². The van der Waals surface area contributed by atoms with Gasteiger partial charge in [-0.1, -0.05) is 81.4 Å². The molecule has 3 aromatic rings. The van der Waals surface area contributed by atoms with Crippen LogP contribution in [0.3, 0.4) is 0 Å². The van der Waals surface area contributed by atoms with E-state index in [1.807, 2.05) is 93.6 Å². The normalized spacial score (nSPS) is 12.7. The molecule has 4 N–H and O–H groups in total. The predicted molar refractivity (Wildman–Crippen MR) is 148 cm³/mol. The number of anilines is 1. The van der Waals surface area contributed by atoms with Crippen LogP contribution in [-0.4, -0.2) is 40.5 Å². The lowest BCUT2D eigenvalue weighted by Crippen LogP contribution is -2.54. The van der Waals surface area contributed by atoms with E-state index in [4.69, 9.17) is 0 Å². The highest BCUT2D eigenvalue weighted by Crippen LogP contribution is 2.25. The molecule has 2 atom stereocenters. The molecule has 0 aliphatic rings. The van der Waals surface area contributed by atoms with Crippen LogP contribution in [0.1, 0.15) is 51.6 Å². The summed E-state index contributed by atoms with van der Waals surface area (Å²) >= 11 is 0. The molecule has 0 spiro atoms. The van der Waals surface area contributed by atoms with Crippen LogP contribution in [-0.2, 0) is 14.4 Å². The van der Waals surface area contributed by atoms with Gasteiger partial charge in [0.25, 0.3) is 0 Å². The van der Waals surface area contributed by atoms with Crippen molar-refractivity contribution >= 4 is 23.6 Å². The van der Waals surface area contributed by atoms with Gasteiger partial charge >= 0.3 is 5.97 Å².